The van der Waals surface area contributed by atoms with Crippen molar-refractivity contribution in [1.82, 2.24) is 19.6 Å². The van der Waals surface area contributed by atoms with Crippen LogP contribution in [0.4, 0.5) is 18.9 Å². The second kappa shape index (κ2) is 7.84. The molecule has 1 aromatic carbocycles. The van der Waals surface area contributed by atoms with Gasteiger partial charge >= 0.3 is 6.18 Å². The highest BCUT2D eigenvalue weighted by Crippen LogP contribution is 2.31. The van der Waals surface area contributed by atoms with E-state index in [1.165, 1.54) is 33.8 Å². The summed E-state index contributed by atoms with van der Waals surface area (Å²) in [4.78, 5) is 12.9. The van der Waals surface area contributed by atoms with Crippen LogP contribution < -0.4 is 4.31 Å². The first-order valence-corrected chi connectivity index (χ1v) is 10.9. The zero-order valence-corrected chi connectivity index (χ0v) is 18.0. The Morgan fingerprint density at radius 2 is 1.71 bits per heavy atom. The number of hydrogen-bond acceptors (Lipinski definition) is 5. The van der Waals surface area contributed by atoms with Gasteiger partial charge in [-0.2, -0.15) is 23.4 Å². The van der Waals surface area contributed by atoms with Crippen LogP contribution in [0.1, 0.15) is 17.0 Å². The maximum atomic E-state index is 12.9. The molecule has 0 N–H and O–H groups in total. The van der Waals surface area contributed by atoms with Gasteiger partial charge in [0.05, 0.1) is 28.9 Å². The van der Waals surface area contributed by atoms with Crippen molar-refractivity contribution < 1.29 is 26.4 Å². The molecule has 0 aliphatic rings. The first-order chi connectivity index (χ1) is 14.3. The fourth-order valence-electron chi connectivity index (χ4n) is 3.17. The molecule has 2 heterocycles. The third kappa shape index (κ3) is 4.63. The molecular weight excluding hydrogens is 435 g/mol. The van der Waals surface area contributed by atoms with Gasteiger partial charge in [0.1, 0.15) is 12.2 Å². The molecule has 0 atom stereocenters. The van der Waals surface area contributed by atoms with Crippen LogP contribution in [0.5, 0.6) is 0 Å². The second-order valence-corrected chi connectivity index (χ2v) is 8.87. The van der Waals surface area contributed by atoms with Crippen molar-refractivity contribution in [3.05, 3.63) is 53.5 Å². The first-order valence-electron chi connectivity index (χ1n) is 9.03. The minimum absolute atomic E-state index is 0.185. The molecule has 0 aliphatic carbocycles. The number of alkyl halides is 3. The van der Waals surface area contributed by atoms with Crippen molar-refractivity contribution in [2.75, 3.05) is 10.6 Å². The number of hydrogen-bond donors (Lipinski definition) is 0. The molecule has 3 rings (SSSR count). The van der Waals surface area contributed by atoms with Crippen molar-refractivity contribution in [3.8, 4) is 11.3 Å². The molecule has 0 fully saturated rings. The zero-order chi connectivity index (χ0) is 23.1. The number of carbonyl (C=O) groups is 1. The van der Waals surface area contributed by atoms with E-state index in [4.69, 9.17) is 0 Å². The average Bonchev–Trinajstić information content (AvgIpc) is 3.20. The van der Waals surface area contributed by atoms with Crippen LogP contribution in [0.3, 0.4) is 0 Å². The van der Waals surface area contributed by atoms with Gasteiger partial charge in [-0.1, -0.05) is 12.1 Å². The molecule has 0 bridgehead atoms. The molecule has 0 saturated carbocycles. The fourth-order valence-corrected chi connectivity index (χ4v) is 4.19. The summed E-state index contributed by atoms with van der Waals surface area (Å²) in [5.74, 6) is -0.747. The SMILES string of the molecule is Cc1nn(C)c(C)c1N(C(=O)Cn1ccc(-c2ccc(C(F)(F)F)cc2)n1)S(C)(=O)=O. The largest absolute Gasteiger partial charge is 0.416 e. The molecular formula is C19H20F3N5O3S. The maximum Gasteiger partial charge on any atom is 0.416 e. The van der Waals surface area contributed by atoms with Gasteiger partial charge in [-0.25, -0.2) is 12.7 Å². The Bertz CT molecular complexity index is 1230. The molecule has 0 aliphatic heterocycles. The number of aromatic nitrogens is 4. The van der Waals surface area contributed by atoms with E-state index in [0.29, 0.717) is 27.0 Å². The van der Waals surface area contributed by atoms with Gasteiger partial charge in [0.25, 0.3) is 5.91 Å². The lowest BCUT2D eigenvalue weighted by Crippen LogP contribution is -2.39. The predicted molar refractivity (Wildman–Crippen MR) is 108 cm³/mol. The summed E-state index contributed by atoms with van der Waals surface area (Å²) < 4.78 is 66.3. The Kier molecular flexibility index (Phi) is 5.70. The summed E-state index contributed by atoms with van der Waals surface area (Å²) in [5.41, 5.74) is 1.06. The normalized spacial score (nSPS) is 12.2. The topological polar surface area (TPSA) is 90.1 Å². The van der Waals surface area contributed by atoms with E-state index in [1.807, 2.05) is 0 Å². The van der Waals surface area contributed by atoms with Crippen LogP contribution in [0.25, 0.3) is 11.3 Å². The summed E-state index contributed by atoms with van der Waals surface area (Å²) in [6.07, 6.45) is -2.07. The van der Waals surface area contributed by atoms with Gasteiger partial charge in [0, 0.05) is 18.8 Å². The number of rotatable bonds is 5. The fraction of sp³-hybridized carbons (Fsp3) is 0.316. The lowest BCUT2D eigenvalue weighted by Gasteiger charge is -2.20. The first kappa shape index (κ1) is 22.5. The number of amides is 1. The highest BCUT2D eigenvalue weighted by Gasteiger charge is 2.31. The predicted octanol–water partition coefficient (Wildman–Crippen LogP) is 2.91. The lowest BCUT2D eigenvalue weighted by atomic mass is 10.1. The number of benzene rings is 1. The molecule has 3 aromatic rings. The quantitative estimate of drug-likeness (QED) is 0.590. The number of anilines is 1. The van der Waals surface area contributed by atoms with Crippen molar-refractivity contribution in [3.63, 3.8) is 0 Å². The lowest BCUT2D eigenvalue weighted by molar-refractivity contribution is -0.137. The van der Waals surface area contributed by atoms with Gasteiger partial charge in [0.15, 0.2) is 0 Å². The Balaban J connectivity index is 1.87. The van der Waals surface area contributed by atoms with E-state index in [2.05, 4.69) is 10.2 Å². The Hall–Kier alpha value is -3.15. The zero-order valence-electron chi connectivity index (χ0n) is 17.2. The number of halogens is 3. The molecule has 166 valence electrons. The van der Waals surface area contributed by atoms with Crippen molar-refractivity contribution >= 4 is 21.6 Å². The third-order valence-electron chi connectivity index (χ3n) is 4.68. The summed E-state index contributed by atoms with van der Waals surface area (Å²) in [7, 11) is -2.31. The van der Waals surface area contributed by atoms with Crippen LogP contribution >= 0.6 is 0 Å². The minimum Gasteiger partial charge on any atom is -0.271 e. The molecule has 0 radical (unpaired) electrons. The van der Waals surface area contributed by atoms with Gasteiger partial charge < -0.3 is 0 Å². The molecule has 12 heteroatoms. The number of carbonyl (C=O) groups excluding carboxylic acids is 1. The Labute approximate surface area is 176 Å². The highest BCUT2D eigenvalue weighted by atomic mass is 32.2. The van der Waals surface area contributed by atoms with Gasteiger partial charge in [-0.15, -0.1) is 0 Å². The van der Waals surface area contributed by atoms with E-state index in [0.717, 1.165) is 18.4 Å². The van der Waals surface area contributed by atoms with E-state index in [1.54, 1.807) is 20.9 Å². The standard InChI is InChI=1S/C19H20F3N5O3S/c1-12-18(13(2)25(3)23-12)27(31(4,29)30)17(28)11-26-10-9-16(24-26)14-5-7-15(8-6-14)19(20,21)22/h5-10H,11H2,1-4H3. The van der Waals surface area contributed by atoms with Crippen LogP contribution in [0.15, 0.2) is 36.5 Å². The molecule has 1 amide bonds. The summed E-state index contributed by atoms with van der Waals surface area (Å²) in [5, 5.41) is 8.35. The van der Waals surface area contributed by atoms with Gasteiger partial charge in [-0.05, 0) is 32.0 Å². The second-order valence-electron chi connectivity index (χ2n) is 7.04. The van der Waals surface area contributed by atoms with E-state index < -0.39 is 27.7 Å². The number of aryl methyl sites for hydroxylation is 2. The van der Waals surface area contributed by atoms with Crippen LogP contribution in [0.2, 0.25) is 0 Å². The molecule has 2 aromatic heterocycles. The van der Waals surface area contributed by atoms with Gasteiger partial charge in [-0.3, -0.25) is 14.2 Å². The summed E-state index contributed by atoms with van der Waals surface area (Å²) >= 11 is 0. The minimum atomic E-state index is -4.44. The van der Waals surface area contributed by atoms with E-state index in [-0.39, 0.29) is 12.2 Å². The van der Waals surface area contributed by atoms with Crippen LogP contribution in [-0.2, 0) is 34.6 Å². The Morgan fingerprint density at radius 1 is 1.10 bits per heavy atom. The highest BCUT2D eigenvalue weighted by molar-refractivity contribution is 7.92. The van der Waals surface area contributed by atoms with Crippen LogP contribution in [0, 0.1) is 13.8 Å². The van der Waals surface area contributed by atoms with Crippen molar-refractivity contribution in [2.45, 2.75) is 26.6 Å². The Morgan fingerprint density at radius 3 is 2.19 bits per heavy atom. The number of nitrogens with zero attached hydrogens (tertiary/aromatic N) is 5. The van der Waals surface area contributed by atoms with E-state index in [9.17, 15) is 26.4 Å². The molecule has 0 unspecified atom stereocenters. The maximum absolute atomic E-state index is 12.9. The molecule has 0 saturated heterocycles. The molecule has 0 spiro atoms. The average molecular weight is 455 g/mol. The number of sulfonamides is 1. The van der Waals surface area contributed by atoms with E-state index >= 15 is 0 Å². The summed E-state index contributed by atoms with van der Waals surface area (Å²) in [6.45, 7) is 2.86. The summed E-state index contributed by atoms with van der Waals surface area (Å²) in [6, 6.07) is 5.98. The smallest absolute Gasteiger partial charge is 0.271 e. The van der Waals surface area contributed by atoms with Crippen LogP contribution in [-0.4, -0.2) is 40.1 Å². The monoisotopic (exact) mass is 455 g/mol. The van der Waals surface area contributed by atoms with Crippen molar-refractivity contribution in [2.24, 2.45) is 7.05 Å². The van der Waals surface area contributed by atoms with Crippen molar-refractivity contribution in [1.29, 1.82) is 0 Å². The third-order valence-corrected chi connectivity index (χ3v) is 5.73. The molecule has 31 heavy (non-hydrogen) atoms. The van der Waals surface area contributed by atoms with Gasteiger partial charge in [0.2, 0.25) is 10.0 Å². The molecule has 8 nitrogen and oxygen atoms in total.